The Bertz CT molecular complexity index is 927. The van der Waals surface area contributed by atoms with Gasteiger partial charge in [-0.05, 0) is 12.1 Å². The Labute approximate surface area is 157 Å². The topological polar surface area (TPSA) is 69.5 Å². The molecular weight excluding hydrogens is 344 g/mol. The first-order valence-corrected chi connectivity index (χ1v) is 8.67. The van der Waals surface area contributed by atoms with Crippen LogP contribution in [0.5, 0.6) is 11.5 Å². The summed E-state index contributed by atoms with van der Waals surface area (Å²) >= 11 is 0. The van der Waals surface area contributed by atoms with Gasteiger partial charge in [-0.1, -0.05) is 35.5 Å². The number of carbonyl (C=O) groups excluding carboxylic acids is 1. The molecule has 0 unspecified atom stereocenters. The van der Waals surface area contributed by atoms with Gasteiger partial charge < -0.3 is 14.4 Å². The van der Waals surface area contributed by atoms with E-state index < -0.39 is 0 Å². The molecule has 138 valence electrons. The fourth-order valence-electron chi connectivity index (χ4n) is 3.10. The second-order valence-corrected chi connectivity index (χ2v) is 6.42. The number of rotatable bonds is 5. The van der Waals surface area contributed by atoms with Crippen molar-refractivity contribution in [3.05, 3.63) is 60.3 Å². The molecule has 1 aliphatic heterocycles. The molecule has 0 radical (unpaired) electrons. The van der Waals surface area contributed by atoms with Crippen LogP contribution in [0.3, 0.4) is 0 Å². The van der Waals surface area contributed by atoms with E-state index in [1.165, 1.54) is 0 Å². The number of amides is 1. The van der Waals surface area contributed by atoms with Gasteiger partial charge in [-0.2, -0.15) is 0 Å². The van der Waals surface area contributed by atoms with E-state index in [1.807, 2.05) is 41.2 Å². The molecule has 1 amide bonds. The molecule has 27 heavy (non-hydrogen) atoms. The number of carbonyl (C=O) groups is 1. The average molecular weight is 364 g/mol. The molecular formula is C20H20N4O3. The first-order valence-electron chi connectivity index (χ1n) is 8.67. The van der Waals surface area contributed by atoms with E-state index >= 15 is 0 Å². The highest BCUT2D eigenvalue weighted by molar-refractivity contribution is 5.95. The number of hydrogen-bond donors (Lipinski definition) is 0. The number of aromatic nitrogens is 3. The monoisotopic (exact) mass is 364 g/mol. The predicted octanol–water partition coefficient (Wildman–Crippen LogP) is 2.66. The first kappa shape index (κ1) is 17.1. The van der Waals surface area contributed by atoms with Gasteiger partial charge in [0.15, 0.2) is 0 Å². The quantitative estimate of drug-likeness (QED) is 0.696. The van der Waals surface area contributed by atoms with Crippen LogP contribution in [0.25, 0.3) is 11.3 Å². The van der Waals surface area contributed by atoms with Crippen molar-refractivity contribution in [2.24, 2.45) is 0 Å². The second kappa shape index (κ2) is 7.11. The number of benzene rings is 2. The maximum atomic E-state index is 12.7. The SMILES string of the molecule is COc1cc(OC)cc(C(=O)N2CC(n3cc(-c4ccccc4)nn3)C2)c1. The summed E-state index contributed by atoms with van der Waals surface area (Å²) in [6.07, 6.45) is 1.93. The minimum Gasteiger partial charge on any atom is -0.497 e. The number of nitrogens with zero attached hydrogens (tertiary/aromatic N) is 4. The van der Waals surface area contributed by atoms with Crippen molar-refractivity contribution >= 4 is 5.91 Å². The molecule has 7 heteroatoms. The number of ether oxygens (including phenoxy) is 2. The van der Waals surface area contributed by atoms with Crippen LogP contribution in [-0.2, 0) is 0 Å². The second-order valence-electron chi connectivity index (χ2n) is 6.42. The largest absolute Gasteiger partial charge is 0.497 e. The summed E-state index contributed by atoms with van der Waals surface area (Å²) in [6, 6.07) is 15.2. The highest BCUT2D eigenvalue weighted by Crippen LogP contribution is 2.28. The Kier molecular flexibility index (Phi) is 4.50. The van der Waals surface area contributed by atoms with Crippen LogP contribution >= 0.6 is 0 Å². The van der Waals surface area contributed by atoms with Crippen LogP contribution in [0.4, 0.5) is 0 Å². The van der Waals surface area contributed by atoms with Crippen LogP contribution in [-0.4, -0.2) is 53.1 Å². The van der Waals surface area contributed by atoms with Gasteiger partial charge in [0, 0.05) is 30.3 Å². The smallest absolute Gasteiger partial charge is 0.254 e. The van der Waals surface area contributed by atoms with Crippen molar-refractivity contribution in [1.82, 2.24) is 19.9 Å². The third-order valence-corrected chi connectivity index (χ3v) is 4.70. The predicted molar refractivity (Wildman–Crippen MR) is 99.9 cm³/mol. The van der Waals surface area contributed by atoms with Crippen molar-refractivity contribution < 1.29 is 14.3 Å². The molecule has 3 aromatic rings. The van der Waals surface area contributed by atoms with Gasteiger partial charge >= 0.3 is 0 Å². The van der Waals surface area contributed by atoms with Crippen LogP contribution in [0.1, 0.15) is 16.4 Å². The molecule has 0 bridgehead atoms. The van der Waals surface area contributed by atoms with Gasteiger partial charge in [0.25, 0.3) is 5.91 Å². The first-order chi connectivity index (χ1) is 13.2. The Morgan fingerprint density at radius 2 is 1.70 bits per heavy atom. The van der Waals surface area contributed by atoms with E-state index in [-0.39, 0.29) is 11.9 Å². The third-order valence-electron chi connectivity index (χ3n) is 4.70. The van der Waals surface area contributed by atoms with Crippen LogP contribution in [0.15, 0.2) is 54.7 Å². The standard InChI is InChI=1S/C20H20N4O3/c1-26-17-8-15(9-18(10-17)27-2)20(25)23-11-16(12-23)24-13-19(21-22-24)14-6-4-3-5-7-14/h3-10,13,16H,11-12H2,1-2H3. The Morgan fingerprint density at radius 1 is 1.04 bits per heavy atom. The van der Waals surface area contributed by atoms with E-state index in [0.717, 1.165) is 11.3 Å². The minimum atomic E-state index is -0.0492. The number of methoxy groups -OCH3 is 2. The van der Waals surface area contributed by atoms with Crippen LogP contribution in [0.2, 0.25) is 0 Å². The summed E-state index contributed by atoms with van der Waals surface area (Å²) < 4.78 is 12.3. The highest BCUT2D eigenvalue weighted by Gasteiger charge is 2.33. The Hall–Kier alpha value is -3.35. The molecule has 2 aromatic carbocycles. The molecule has 2 heterocycles. The van der Waals surface area contributed by atoms with Crippen molar-refractivity contribution in [3.8, 4) is 22.8 Å². The molecule has 4 rings (SSSR count). The summed E-state index contributed by atoms with van der Waals surface area (Å²) in [5, 5.41) is 8.46. The zero-order valence-corrected chi connectivity index (χ0v) is 15.2. The molecule has 1 fully saturated rings. The van der Waals surface area contributed by atoms with Gasteiger partial charge in [0.2, 0.25) is 0 Å². The molecule has 7 nitrogen and oxygen atoms in total. The zero-order chi connectivity index (χ0) is 18.8. The summed E-state index contributed by atoms with van der Waals surface area (Å²) in [6.45, 7) is 1.19. The van der Waals surface area contributed by atoms with Gasteiger partial charge in [-0.3, -0.25) is 4.79 Å². The lowest BCUT2D eigenvalue weighted by Gasteiger charge is -2.38. The summed E-state index contributed by atoms with van der Waals surface area (Å²) in [5.74, 6) is 1.14. The molecule has 0 saturated carbocycles. The van der Waals surface area contributed by atoms with Crippen LogP contribution in [0, 0.1) is 0 Å². The summed E-state index contributed by atoms with van der Waals surface area (Å²) in [4.78, 5) is 14.5. The van der Waals surface area contributed by atoms with E-state index in [2.05, 4.69) is 10.3 Å². The molecule has 1 aliphatic rings. The van der Waals surface area contributed by atoms with Gasteiger partial charge in [-0.25, -0.2) is 4.68 Å². The summed E-state index contributed by atoms with van der Waals surface area (Å²) in [7, 11) is 3.13. The number of hydrogen-bond acceptors (Lipinski definition) is 5. The third kappa shape index (κ3) is 3.36. The Morgan fingerprint density at radius 3 is 2.33 bits per heavy atom. The normalized spacial score (nSPS) is 13.9. The average Bonchev–Trinajstić information content (AvgIpc) is 3.16. The molecule has 1 saturated heterocycles. The zero-order valence-electron chi connectivity index (χ0n) is 15.2. The molecule has 0 spiro atoms. The van der Waals surface area contributed by atoms with E-state index in [9.17, 15) is 4.79 Å². The molecule has 1 aromatic heterocycles. The summed E-state index contributed by atoms with van der Waals surface area (Å²) in [5.41, 5.74) is 2.41. The molecule has 0 N–H and O–H groups in total. The maximum absolute atomic E-state index is 12.7. The van der Waals surface area contributed by atoms with Crippen molar-refractivity contribution in [2.45, 2.75) is 6.04 Å². The highest BCUT2D eigenvalue weighted by atomic mass is 16.5. The molecule has 0 atom stereocenters. The number of likely N-dealkylation sites (tertiary alicyclic amines) is 1. The van der Waals surface area contributed by atoms with Crippen LogP contribution < -0.4 is 9.47 Å². The fraction of sp³-hybridized carbons (Fsp3) is 0.250. The van der Waals surface area contributed by atoms with Crippen molar-refractivity contribution in [1.29, 1.82) is 0 Å². The lowest BCUT2D eigenvalue weighted by Crippen LogP contribution is -2.50. The van der Waals surface area contributed by atoms with Gasteiger partial charge in [0.05, 0.1) is 26.5 Å². The Balaban J connectivity index is 1.44. The van der Waals surface area contributed by atoms with E-state index in [1.54, 1.807) is 37.3 Å². The van der Waals surface area contributed by atoms with E-state index in [4.69, 9.17) is 9.47 Å². The van der Waals surface area contributed by atoms with Crippen molar-refractivity contribution in [2.75, 3.05) is 27.3 Å². The van der Waals surface area contributed by atoms with Crippen molar-refractivity contribution in [3.63, 3.8) is 0 Å². The fourth-order valence-corrected chi connectivity index (χ4v) is 3.10. The maximum Gasteiger partial charge on any atom is 0.254 e. The van der Waals surface area contributed by atoms with Gasteiger partial charge in [-0.15, -0.1) is 5.10 Å². The lowest BCUT2D eigenvalue weighted by atomic mass is 10.1. The lowest BCUT2D eigenvalue weighted by molar-refractivity contribution is 0.0498. The minimum absolute atomic E-state index is 0.0492. The van der Waals surface area contributed by atoms with E-state index in [0.29, 0.717) is 30.2 Å². The van der Waals surface area contributed by atoms with Gasteiger partial charge in [0.1, 0.15) is 17.2 Å². The molecule has 0 aliphatic carbocycles.